The molecule has 0 heterocycles. The van der Waals surface area contributed by atoms with Gasteiger partial charge in [-0.3, -0.25) is 0 Å². The minimum absolute atomic E-state index is 0.178. The molecule has 102 valence electrons. The van der Waals surface area contributed by atoms with Crippen molar-refractivity contribution in [3.63, 3.8) is 0 Å². The first-order chi connectivity index (χ1) is 8.73. The Hall–Kier alpha value is -1.75. The van der Waals surface area contributed by atoms with Gasteiger partial charge in [0.05, 0.1) is 5.54 Å². The maximum atomic E-state index is 13.2. The molecular formula is C12H8F5NO. The molecule has 1 aliphatic carbocycles. The van der Waals surface area contributed by atoms with Crippen molar-refractivity contribution < 1.29 is 26.7 Å². The van der Waals surface area contributed by atoms with Crippen LogP contribution in [-0.2, 0) is 16.3 Å². The summed E-state index contributed by atoms with van der Waals surface area (Å²) in [4.78, 5) is 13.7. The summed E-state index contributed by atoms with van der Waals surface area (Å²) in [7, 11) is 0. The third-order valence-corrected chi connectivity index (χ3v) is 3.10. The summed E-state index contributed by atoms with van der Waals surface area (Å²) in [5.74, 6) is -4.93. The van der Waals surface area contributed by atoms with E-state index in [0.29, 0.717) is 18.9 Å². The molecule has 0 atom stereocenters. The van der Waals surface area contributed by atoms with Crippen molar-refractivity contribution in [3.05, 3.63) is 35.4 Å². The lowest BCUT2D eigenvalue weighted by molar-refractivity contribution is -0.289. The second kappa shape index (κ2) is 4.13. The van der Waals surface area contributed by atoms with E-state index in [-0.39, 0.29) is 5.56 Å². The molecule has 0 aliphatic heterocycles. The molecule has 7 heteroatoms. The molecule has 0 bridgehead atoms. The molecule has 1 aromatic carbocycles. The Balaban J connectivity index is 2.44. The maximum Gasteiger partial charge on any atom is 0.458 e. The van der Waals surface area contributed by atoms with Crippen molar-refractivity contribution in [3.8, 4) is 0 Å². The molecule has 2 nitrogen and oxygen atoms in total. The smallest absolute Gasteiger partial charge is 0.211 e. The van der Waals surface area contributed by atoms with Crippen LogP contribution in [0.15, 0.2) is 29.3 Å². The predicted molar refractivity (Wildman–Crippen MR) is 55.4 cm³/mol. The molecule has 1 saturated carbocycles. The fourth-order valence-electron chi connectivity index (χ4n) is 1.84. The Kier molecular flexibility index (Phi) is 2.97. The molecule has 2 rings (SSSR count). The highest BCUT2D eigenvalue weighted by atomic mass is 19.4. The minimum atomic E-state index is -5.66. The number of nitrogens with zero attached hydrogens (tertiary/aromatic N) is 1. The Labute approximate surface area is 104 Å². The van der Waals surface area contributed by atoms with Gasteiger partial charge >= 0.3 is 12.1 Å². The standard InChI is InChI=1S/C12H8F5NO/c13-11(14,12(15,16)17)9-3-1-2-8(6-9)10(4-5-10)18-7-19/h1-3,6H,4-5H2. The van der Waals surface area contributed by atoms with E-state index in [1.807, 2.05) is 0 Å². The summed E-state index contributed by atoms with van der Waals surface area (Å²) >= 11 is 0. The van der Waals surface area contributed by atoms with Crippen molar-refractivity contribution in [2.45, 2.75) is 30.5 Å². The third-order valence-electron chi connectivity index (χ3n) is 3.10. The first-order valence-electron chi connectivity index (χ1n) is 5.37. The summed E-state index contributed by atoms with van der Waals surface area (Å²) < 4.78 is 63.2. The first-order valence-corrected chi connectivity index (χ1v) is 5.37. The summed E-state index contributed by atoms with van der Waals surface area (Å²) in [5.41, 5.74) is -1.94. The van der Waals surface area contributed by atoms with Gasteiger partial charge in [0.25, 0.3) is 0 Å². The van der Waals surface area contributed by atoms with Crippen LogP contribution in [0.3, 0.4) is 0 Å². The van der Waals surface area contributed by atoms with Gasteiger partial charge in [0.15, 0.2) is 0 Å². The maximum absolute atomic E-state index is 13.2. The lowest BCUT2D eigenvalue weighted by Gasteiger charge is -2.21. The van der Waals surface area contributed by atoms with Crippen LogP contribution in [0.5, 0.6) is 0 Å². The van der Waals surface area contributed by atoms with Gasteiger partial charge in [-0.15, -0.1) is 0 Å². The number of hydrogen-bond acceptors (Lipinski definition) is 2. The average molecular weight is 277 g/mol. The van der Waals surface area contributed by atoms with Gasteiger partial charge < -0.3 is 0 Å². The van der Waals surface area contributed by atoms with E-state index >= 15 is 0 Å². The molecule has 0 N–H and O–H groups in total. The largest absolute Gasteiger partial charge is 0.458 e. The third kappa shape index (κ3) is 2.26. The number of carbonyl (C=O) groups excluding carboxylic acids is 1. The Morgan fingerprint density at radius 3 is 2.26 bits per heavy atom. The highest BCUT2D eigenvalue weighted by Crippen LogP contribution is 2.51. The van der Waals surface area contributed by atoms with E-state index < -0.39 is 23.2 Å². The topological polar surface area (TPSA) is 29.4 Å². The number of isocyanates is 1. The van der Waals surface area contributed by atoms with Crippen molar-refractivity contribution >= 4 is 6.08 Å². The minimum Gasteiger partial charge on any atom is -0.211 e. The zero-order chi connectivity index (χ0) is 14.3. The van der Waals surface area contributed by atoms with Crippen LogP contribution in [0.25, 0.3) is 0 Å². The number of benzene rings is 1. The number of aliphatic imine (C=N–C) groups is 1. The highest BCUT2D eigenvalue weighted by molar-refractivity contribution is 5.42. The van der Waals surface area contributed by atoms with Crippen LogP contribution in [0.2, 0.25) is 0 Å². The van der Waals surface area contributed by atoms with Gasteiger partial charge in [0.2, 0.25) is 6.08 Å². The van der Waals surface area contributed by atoms with Crippen LogP contribution < -0.4 is 0 Å². The van der Waals surface area contributed by atoms with Gasteiger partial charge in [0.1, 0.15) is 0 Å². The van der Waals surface area contributed by atoms with E-state index in [9.17, 15) is 26.7 Å². The van der Waals surface area contributed by atoms with Crippen molar-refractivity contribution in [2.75, 3.05) is 0 Å². The van der Waals surface area contributed by atoms with Gasteiger partial charge in [-0.2, -0.15) is 26.9 Å². The monoisotopic (exact) mass is 277 g/mol. The lowest BCUT2D eigenvalue weighted by atomic mass is 9.99. The predicted octanol–water partition coefficient (Wildman–Crippen LogP) is 3.67. The highest BCUT2D eigenvalue weighted by Gasteiger charge is 2.59. The fraction of sp³-hybridized carbons (Fsp3) is 0.417. The molecule has 1 aromatic rings. The summed E-state index contributed by atoms with van der Waals surface area (Å²) in [6.07, 6.45) is -3.47. The molecule has 0 saturated heterocycles. The molecule has 1 fully saturated rings. The first kappa shape index (κ1) is 13.7. The second-order valence-electron chi connectivity index (χ2n) is 4.39. The van der Waals surface area contributed by atoms with Crippen molar-refractivity contribution in [2.24, 2.45) is 4.99 Å². The summed E-state index contributed by atoms with van der Waals surface area (Å²) in [5, 5.41) is 0. The molecule has 0 radical (unpaired) electrons. The van der Waals surface area contributed by atoms with Gasteiger partial charge in [-0.25, -0.2) is 4.79 Å². The SMILES string of the molecule is O=C=NC1(c2cccc(C(F)(F)C(F)(F)F)c2)CC1. The van der Waals surface area contributed by atoms with Gasteiger partial charge in [0, 0.05) is 5.56 Å². The van der Waals surface area contributed by atoms with Crippen molar-refractivity contribution in [1.29, 1.82) is 0 Å². The average Bonchev–Trinajstić information content (AvgIpc) is 3.09. The van der Waals surface area contributed by atoms with E-state index in [1.54, 1.807) is 0 Å². The summed E-state index contributed by atoms with van der Waals surface area (Å²) in [6.45, 7) is 0. The number of halogens is 5. The van der Waals surface area contributed by atoms with E-state index in [2.05, 4.69) is 4.99 Å². The Bertz CT molecular complexity index is 541. The molecule has 0 unspecified atom stereocenters. The fourth-order valence-corrected chi connectivity index (χ4v) is 1.84. The van der Waals surface area contributed by atoms with Crippen LogP contribution in [0.4, 0.5) is 22.0 Å². The molecular weight excluding hydrogens is 269 g/mol. The Morgan fingerprint density at radius 1 is 1.16 bits per heavy atom. The Morgan fingerprint density at radius 2 is 1.79 bits per heavy atom. The van der Waals surface area contributed by atoms with E-state index in [0.717, 1.165) is 12.1 Å². The van der Waals surface area contributed by atoms with E-state index in [4.69, 9.17) is 0 Å². The zero-order valence-corrected chi connectivity index (χ0v) is 9.47. The zero-order valence-electron chi connectivity index (χ0n) is 9.47. The van der Waals surface area contributed by atoms with E-state index in [1.165, 1.54) is 12.1 Å². The van der Waals surface area contributed by atoms with Crippen LogP contribution in [0, 0.1) is 0 Å². The molecule has 1 aliphatic rings. The van der Waals surface area contributed by atoms with Crippen LogP contribution >= 0.6 is 0 Å². The lowest BCUT2D eigenvalue weighted by Crippen LogP contribution is -2.33. The van der Waals surface area contributed by atoms with Crippen molar-refractivity contribution in [1.82, 2.24) is 0 Å². The van der Waals surface area contributed by atoms with Crippen LogP contribution in [-0.4, -0.2) is 12.3 Å². The molecule has 0 spiro atoms. The van der Waals surface area contributed by atoms with Gasteiger partial charge in [-0.05, 0) is 24.5 Å². The molecule has 19 heavy (non-hydrogen) atoms. The quantitative estimate of drug-likeness (QED) is 0.471. The normalized spacial score (nSPS) is 17.7. The van der Waals surface area contributed by atoms with Crippen LogP contribution in [0.1, 0.15) is 24.0 Å². The number of alkyl halides is 5. The molecule has 0 amide bonds. The number of rotatable bonds is 3. The second-order valence-corrected chi connectivity index (χ2v) is 4.39. The summed E-state index contributed by atoms with van der Waals surface area (Å²) in [6, 6.07) is 3.94. The van der Waals surface area contributed by atoms with Gasteiger partial charge in [-0.1, -0.05) is 18.2 Å². The molecule has 0 aromatic heterocycles. The number of hydrogen-bond donors (Lipinski definition) is 0.